The Morgan fingerprint density at radius 3 is 2.40 bits per heavy atom. The van der Waals surface area contributed by atoms with Gasteiger partial charge in [0.2, 0.25) is 0 Å². The number of aromatic nitrogens is 3. The third kappa shape index (κ3) is 3.25. The zero-order valence-electron chi connectivity index (χ0n) is 15.9. The topological polar surface area (TPSA) is 81.0 Å². The number of benzene rings is 2. The van der Waals surface area contributed by atoms with Crippen LogP contribution >= 0.6 is 0 Å². The number of hydrogen-bond donors (Lipinski definition) is 2. The van der Waals surface area contributed by atoms with Crippen LogP contribution < -0.4 is 16.2 Å². The Hall–Kier alpha value is -3.82. The number of rotatable bonds is 2. The molecule has 0 aliphatic heterocycles. The van der Waals surface area contributed by atoms with Crippen molar-refractivity contribution in [3.05, 3.63) is 64.6 Å². The van der Waals surface area contributed by atoms with Crippen LogP contribution in [0.5, 0.6) is 0 Å². The fourth-order valence-corrected chi connectivity index (χ4v) is 3.32. The van der Waals surface area contributed by atoms with Crippen LogP contribution in [0, 0.1) is 0 Å². The van der Waals surface area contributed by atoms with Crippen molar-refractivity contribution in [2.45, 2.75) is 6.18 Å². The average molecular weight is 415 g/mol. The number of aryl methyl sites for hydroxylation is 1. The molecular weight excluding hydrogens is 399 g/mol. The summed E-state index contributed by atoms with van der Waals surface area (Å²) >= 11 is 0. The summed E-state index contributed by atoms with van der Waals surface area (Å²) in [6.07, 6.45) is -2.92. The molecule has 0 radical (unpaired) electrons. The molecule has 0 bridgehead atoms. The monoisotopic (exact) mass is 415 g/mol. The summed E-state index contributed by atoms with van der Waals surface area (Å²) in [6, 6.07) is 8.85. The first-order chi connectivity index (χ1) is 14.2. The molecule has 30 heavy (non-hydrogen) atoms. The SMILES string of the molecule is CNC(=O)Nc1ccc2c(c1)c1nn(C)cc1c(=O)n2-c1ccc(C(F)(F)F)cc1. The molecule has 0 fully saturated rings. The van der Waals surface area contributed by atoms with Gasteiger partial charge in [-0.2, -0.15) is 18.3 Å². The van der Waals surface area contributed by atoms with Crippen molar-refractivity contribution in [1.29, 1.82) is 0 Å². The maximum Gasteiger partial charge on any atom is 0.416 e. The highest BCUT2D eigenvalue weighted by atomic mass is 19.4. The van der Waals surface area contributed by atoms with Crippen LogP contribution in [0.4, 0.5) is 23.7 Å². The summed E-state index contributed by atoms with van der Waals surface area (Å²) in [7, 11) is 3.15. The molecule has 0 spiro atoms. The number of urea groups is 1. The molecule has 4 aromatic rings. The van der Waals surface area contributed by atoms with Crippen molar-refractivity contribution < 1.29 is 18.0 Å². The van der Waals surface area contributed by atoms with E-state index < -0.39 is 23.3 Å². The lowest BCUT2D eigenvalue weighted by atomic mass is 10.1. The Balaban J connectivity index is 1.99. The number of amides is 2. The average Bonchev–Trinajstić information content (AvgIpc) is 3.10. The van der Waals surface area contributed by atoms with E-state index in [9.17, 15) is 22.8 Å². The number of anilines is 1. The first kappa shape index (κ1) is 19.5. The number of nitrogens with zero attached hydrogens (tertiary/aromatic N) is 3. The van der Waals surface area contributed by atoms with Gasteiger partial charge >= 0.3 is 12.2 Å². The molecule has 0 aliphatic carbocycles. The van der Waals surface area contributed by atoms with Gasteiger partial charge in [0.25, 0.3) is 5.56 Å². The van der Waals surface area contributed by atoms with E-state index >= 15 is 0 Å². The standard InChI is InChI=1S/C20H16F3N5O2/c1-24-19(30)25-12-5-8-16-14(9-12)17-15(10-27(2)26-17)18(29)28(16)13-6-3-11(4-7-13)20(21,22)23/h3-10H,1-2H3,(H2,24,25,30). The Kier molecular flexibility index (Phi) is 4.49. The summed E-state index contributed by atoms with van der Waals surface area (Å²) < 4.78 is 41.6. The predicted octanol–water partition coefficient (Wildman–Crippen LogP) is 3.65. The van der Waals surface area contributed by atoms with E-state index in [-0.39, 0.29) is 5.69 Å². The number of nitrogens with one attached hydrogen (secondary N) is 2. The smallest absolute Gasteiger partial charge is 0.341 e. The molecule has 2 aromatic heterocycles. The Bertz CT molecular complexity index is 1340. The van der Waals surface area contributed by atoms with E-state index in [2.05, 4.69) is 15.7 Å². The van der Waals surface area contributed by atoms with Crippen molar-refractivity contribution in [3.8, 4) is 5.69 Å². The van der Waals surface area contributed by atoms with Crippen LogP contribution in [-0.2, 0) is 13.2 Å². The van der Waals surface area contributed by atoms with Crippen LogP contribution in [0.2, 0.25) is 0 Å². The van der Waals surface area contributed by atoms with Gasteiger partial charge in [-0.15, -0.1) is 0 Å². The van der Waals surface area contributed by atoms with Gasteiger partial charge in [0.05, 0.1) is 16.5 Å². The van der Waals surface area contributed by atoms with Gasteiger partial charge < -0.3 is 10.6 Å². The van der Waals surface area contributed by atoms with Crippen molar-refractivity contribution in [1.82, 2.24) is 19.7 Å². The van der Waals surface area contributed by atoms with E-state index in [4.69, 9.17) is 0 Å². The van der Waals surface area contributed by atoms with E-state index in [0.29, 0.717) is 27.5 Å². The van der Waals surface area contributed by atoms with E-state index in [1.807, 2.05) is 0 Å². The molecule has 7 nitrogen and oxygen atoms in total. The molecule has 4 rings (SSSR count). The van der Waals surface area contributed by atoms with Gasteiger partial charge in [-0.3, -0.25) is 14.0 Å². The van der Waals surface area contributed by atoms with E-state index in [1.54, 1.807) is 31.4 Å². The van der Waals surface area contributed by atoms with Crippen LogP contribution in [0.15, 0.2) is 53.5 Å². The zero-order chi connectivity index (χ0) is 21.6. The largest absolute Gasteiger partial charge is 0.416 e. The summed E-state index contributed by atoms with van der Waals surface area (Å²) in [5.74, 6) is 0. The van der Waals surface area contributed by atoms with Crippen LogP contribution in [-0.4, -0.2) is 27.4 Å². The maximum absolute atomic E-state index is 13.2. The molecular formula is C20H16F3N5O2. The lowest BCUT2D eigenvalue weighted by Crippen LogP contribution is -2.24. The van der Waals surface area contributed by atoms with E-state index in [1.165, 1.54) is 28.4 Å². The van der Waals surface area contributed by atoms with Crippen LogP contribution in [0.3, 0.4) is 0 Å². The molecule has 2 N–H and O–H groups in total. The third-order valence-corrected chi connectivity index (χ3v) is 4.69. The van der Waals surface area contributed by atoms with Gasteiger partial charge in [-0.25, -0.2) is 4.79 Å². The van der Waals surface area contributed by atoms with Crippen molar-refractivity contribution in [3.63, 3.8) is 0 Å². The predicted molar refractivity (Wildman–Crippen MR) is 107 cm³/mol. The normalized spacial score (nSPS) is 11.8. The fraction of sp³-hybridized carbons (Fsp3) is 0.150. The highest BCUT2D eigenvalue weighted by Crippen LogP contribution is 2.31. The first-order valence-electron chi connectivity index (χ1n) is 8.87. The second-order valence-electron chi connectivity index (χ2n) is 6.69. The molecule has 2 heterocycles. The van der Waals surface area contributed by atoms with Crippen molar-refractivity contribution in [2.24, 2.45) is 7.05 Å². The minimum Gasteiger partial charge on any atom is -0.341 e. The van der Waals surface area contributed by atoms with Gasteiger partial charge in [0, 0.05) is 37.1 Å². The van der Waals surface area contributed by atoms with Gasteiger partial charge in [-0.1, -0.05) is 0 Å². The molecule has 10 heteroatoms. The lowest BCUT2D eigenvalue weighted by molar-refractivity contribution is -0.137. The molecule has 0 atom stereocenters. The molecule has 0 saturated heterocycles. The molecule has 0 unspecified atom stereocenters. The van der Waals surface area contributed by atoms with E-state index in [0.717, 1.165) is 12.1 Å². The summed E-state index contributed by atoms with van der Waals surface area (Å²) in [5, 5.41) is 10.3. The third-order valence-electron chi connectivity index (χ3n) is 4.69. The highest BCUT2D eigenvalue weighted by molar-refractivity contribution is 6.05. The quantitative estimate of drug-likeness (QED) is 0.525. The van der Waals surface area contributed by atoms with Gasteiger partial charge in [0.15, 0.2) is 0 Å². The second-order valence-corrected chi connectivity index (χ2v) is 6.69. The lowest BCUT2D eigenvalue weighted by Gasteiger charge is -2.14. The number of carbonyl (C=O) groups excluding carboxylic acids is 1. The molecule has 154 valence electrons. The summed E-state index contributed by atoms with van der Waals surface area (Å²) in [6.45, 7) is 0. The van der Waals surface area contributed by atoms with Gasteiger partial charge in [-0.05, 0) is 42.5 Å². The summed E-state index contributed by atoms with van der Waals surface area (Å²) in [5.41, 5.74) is 0.442. The van der Waals surface area contributed by atoms with Crippen molar-refractivity contribution >= 4 is 33.5 Å². The number of fused-ring (bicyclic) bond motifs is 3. The minimum atomic E-state index is -4.47. The van der Waals surface area contributed by atoms with Crippen LogP contribution in [0.1, 0.15) is 5.56 Å². The van der Waals surface area contributed by atoms with Gasteiger partial charge in [0.1, 0.15) is 5.52 Å². The number of hydrogen-bond acceptors (Lipinski definition) is 3. The fourth-order valence-electron chi connectivity index (χ4n) is 3.32. The first-order valence-corrected chi connectivity index (χ1v) is 8.87. The Labute approximate surface area is 167 Å². The number of halogens is 3. The molecule has 2 amide bonds. The maximum atomic E-state index is 13.2. The number of pyridine rings is 1. The van der Waals surface area contributed by atoms with Crippen LogP contribution in [0.25, 0.3) is 27.5 Å². The Morgan fingerprint density at radius 2 is 1.77 bits per heavy atom. The number of alkyl halides is 3. The summed E-state index contributed by atoms with van der Waals surface area (Å²) in [4.78, 5) is 24.8. The molecule has 2 aromatic carbocycles. The second kappa shape index (κ2) is 6.90. The Morgan fingerprint density at radius 1 is 1.07 bits per heavy atom. The van der Waals surface area contributed by atoms with Crippen molar-refractivity contribution in [2.75, 3.05) is 12.4 Å². The zero-order valence-corrected chi connectivity index (χ0v) is 15.9. The molecule has 0 saturated carbocycles. The number of carbonyl (C=O) groups is 1. The molecule has 0 aliphatic rings. The minimum absolute atomic E-state index is 0.288. The highest BCUT2D eigenvalue weighted by Gasteiger charge is 2.30.